The maximum absolute atomic E-state index is 13.0. The number of hydrogen-bond acceptors (Lipinski definition) is 6. The lowest BCUT2D eigenvalue weighted by molar-refractivity contribution is 0.0587. The summed E-state index contributed by atoms with van der Waals surface area (Å²) >= 11 is 13.4. The van der Waals surface area contributed by atoms with E-state index in [-0.39, 0.29) is 17.4 Å². The molecule has 0 aliphatic carbocycles. The van der Waals surface area contributed by atoms with E-state index in [1.807, 2.05) is 50.2 Å². The number of amides is 3. The van der Waals surface area contributed by atoms with E-state index in [4.69, 9.17) is 33.0 Å². The Morgan fingerprint density at radius 2 is 1.72 bits per heavy atom. The Labute approximate surface area is 265 Å². The van der Waals surface area contributed by atoms with Crippen molar-refractivity contribution in [1.29, 1.82) is 0 Å². The second kappa shape index (κ2) is 12.6. The summed E-state index contributed by atoms with van der Waals surface area (Å²) in [5.74, 6) is 0.937. The van der Waals surface area contributed by atoms with Crippen LogP contribution in [0.5, 0.6) is 5.88 Å². The van der Waals surface area contributed by atoms with Gasteiger partial charge in [0.1, 0.15) is 16.3 Å². The van der Waals surface area contributed by atoms with Gasteiger partial charge in [-0.1, -0.05) is 61.7 Å². The lowest BCUT2D eigenvalue weighted by Crippen LogP contribution is -2.41. The summed E-state index contributed by atoms with van der Waals surface area (Å²) in [4.78, 5) is 32.1. The number of rotatable bonds is 6. The number of urea groups is 1. The number of aromatic nitrogens is 3. The minimum atomic E-state index is -0.410. The summed E-state index contributed by atoms with van der Waals surface area (Å²) in [5, 5.41) is 10.6. The van der Waals surface area contributed by atoms with Crippen molar-refractivity contribution in [2.45, 2.75) is 59.0 Å². The molecule has 1 aliphatic heterocycles. The highest BCUT2D eigenvalue weighted by Gasteiger charge is 2.27. The van der Waals surface area contributed by atoms with Gasteiger partial charge >= 0.3 is 6.03 Å². The van der Waals surface area contributed by atoms with Crippen molar-refractivity contribution in [2.75, 3.05) is 23.7 Å². The number of nitrogens with zero attached hydrogens (tertiary/aromatic N) is 4. The third-order valence-electron chi connectivity index (χ3n) is 7.18. The van der Waals surface area contributed by atoms with E-state index in [0.717, 1.165) is 22.5 Å². The molecule has 0 saturated carbocycles. The van der Waals surface area contributed by atoms with E-state index >= 15 is 0 Å². The molecular weight excluding hydrogens is 607 g/mol. The zero-order chi connectivity index (χ0) is 30.9. The van der Waals surface area contributed by atoms with Crippen molar-refractivity contribution >= 4 is 58.0 Å². The summed E-state index contributed by atoms with van der Waals surface area (Å²) in [5.41, 5.74) is 4.41. The highest BCUT2D eigenvalue weighted by Crippen LogP contribution is 2.33. The molecule has 0 atom stereocenters. The second-order valence-corrected chi connectivity index (χ2v) is 14.0. The molecule has 1 aromatic carbocycles. The van der Waals surface area contributed by atoms with Crippen LogP contribution in [0.15, 0.2) is 48.7 Å². The maximum Gasteiger partial charge on any atom is 0.324 e. The first-order chi connectivity index (χ1) is 20.4. The first-order valence-electron chi connectivity index (χ1n) is 14.0. The van der Waals surface area contributed by atoms with Crippen molar-refractivity contribution in [3.63, 3.8) is 0 Å². The smallest absolute Gasteiger partial charge is 0.324 e. The first kappa shape index (κ1) is 30.8. The van der Waals surface area contributed by atoms with Gasteiger partial charge in [0, 0.05) is 43.0 Å². The third kappa shape index (κ3) is 7.31. The van der Waals surface area contributed by atoms with Gasteiger partial charge in [0.15, 0.2) is 0 Å². The van der Waals surface area contributed by atoms with Crippen LogP contribution in [0.2, 0.25) is 8.67 Å². The highest BCUT2D eigenvalue weighted by molar-refractivity contribution is 7.20. The molecular formula is C31H34Cl2N6O3S. The second-order valence-electron chi connectivity index (χ2n) is 11.7. The molecule has 9 nitrogen and oxygen atoms in total. The Hall–Kier alpha value is -3.60. The number of hydrogen-bond donors (Lipinski definition) is 2. The van der Waals surface area contributed by atoms with Crippen LogP contribution in [-0.2, 0) is 5.41 Å². The molecule has 2 N–H and O–H groups in total. The number of halogens is 2. The first-order valence-corrected chi connectivity index (χ1v) is 15.6. The zero-order valence-electron chi connectivity index (χ0n) is 24.7. The standard InChI is InChI=1S/C31H34Cl2N6O3S/c1-18-6-8-21(9-7-18)39-26(16-24(37-39)31(3,4)5)36-30(41)35-20-14-19(2)28(34-17-20)42-22-10-12-38(13-11-22)29(40)23-15-25(32)43-27(23)33/h6-9,14-17,22H,10-13H2,1-5H3,(H2,35,36,41). The summed E-state index contributed by atoms with van der Waals surface area (Å²) in [6.45, 7) is 11.2. The summed E-state index contributed by atoms with van der Waals surface area (Å²) in [6.07, 6.45) is 2.81. The molecule has 1 aliphatic rings. The minimum absolute atomic E-state index is 0.0852. The predicted molar refractivity (Wildman–Crippen MR) is 173 cm³/mol. The molecule has 3 aromatic heterocycles. The van der Waals surface area contributed by atoms with Gasteiger partial charge in [-0.25, -0.2) is 14.5 Å². The lowest BCUT2D eigenvalue weighted by Gasteiger charge is -2.32. The van der Waals surface area contributed by atoms with E-state index < -0.39 is 6.03 Å². The van der Waals surface area contributed by atoms with Gasteiger partial charge in [-0.15, -0.1) is 11.3 Å². The molecule has 43 heavy (non-hydrogen) atoms. The molecule has 12 heteroatoms. The average Bonchev–Trinajstić information content (AvgIpc) is 3.53. The highest BCUT2D eigenvalue weighted by atomic mass is 35.5. The Kier molecular flexibility index (Phi) is 9.01. The summed E-state index contributed by atoms with van der Waals surface area (Å²) < 4.78 is 8.81. The molecule has 3 amide bonds. The molecule has 0 radical (unpaired) electrons. The SMILES string of the molecule is Cc1ccc(-n2nc(C(C)(C)C)cc2NC(=O)Nc2cnc(OC3CCN(C(=O)c4cc(Cl)sc4Cl)CC3)c(C)c2)cc1. The minimum Gasteiger partial charge on any atom is -0.474 e. The fourth-order valence-corrected chi connectivity index (χ4v) is 6.19. The quantitative estimate of drug-likeness (QED) is 0.223. The Balaban J connectivity index is 1.20. The topological polar surface area (TPSA) is 101 Å². The van der Waals surface area contributed by atoms with Crippen LogP contribution < -0.4 is 15.4 Å². The van der Waals surface area contributed by atoms with Crippen LogP contribution in [0, 0.1) is 13.8 Å². The van der Waals surface area contributed by atoms with Gasteiger partial charge in [0.25, 0.3) is 5.91 Å². The number of benzene rings is 1. The largest absolute Gasteiger partial charge is 0.474 e. The van der Waals surface area contributed by atoms with Crippen LogP contribution in [0.25, 0.3) is 5.69 Å². The van der Waals surface area contributed by atoms with Crippen LogP contribution in [0.3, 0.4) is 0 Å². The molecule has 0 unspecified atom stereocenters. The molecule has 1 fully saturated rings. The number of likely N-dealkylation sites (tertiary alicyclic amines) is 1. The number of anilines is 2. The number of carbonyl (C=O) groups is 2. The summed E-state index contributed by atoms with van der Waals surface area (Å²) in [7, 11) is 0. The molecule has 0 spiro atoms. The summed E-state index contributed by atoms with van der Waals surface area (Å²) in [6, 6.07) is 12.9. The number of carbonyl (C=O) groups excluding carboxylic acids is 2. The van der Waals surface area contributed by atoms with Gasteiger partial charge in [-0.05, 0) is 38.1 Å². The van der Waals surface area contributed by atoms with Gasteiger partial charge in [-0.2, -0.15) is 5.10 Å². The molecule has 4 aromatic rings. The van der Waals surface area contributed by atoms with E-state index in [9.17, 15) is 9.59 Å². The van der Waals surface area contributed by atoms with E-state index in [1.54, 1.807) is 21.8 Å². The average molecular weight is 642 g/mol. The van der Waals surface area contributed by atoms with Crippen molar-refractivity contribution < 1.29 is 14.3 Å². The number of pyridine rings is 1. The third-order valence-corrected chi connectivity index (χ3v) is 8.67. The Morgan fingerprint density at radius 1 is 1.02 bits per heavy atom. The van der Waals surface area contributed by atoms with E-state index in [2.05, 4.69) is 36.4 Å². The normalized spacial score (nSPS) is 14.1. The number of thiophene rings is 1. The van der Waals surface area contributed by atoms with E-state index in [0.29, 0.717) is 57.6 Å². The Bertz CT molecular complexity index is 1640. The fraction of sp³-hybridized carbons (Fsp3) is 0.355. The van der Waals surface area contributed by atoms with E-state index in [1.165, 1.54) is 11.3 Å². The van der Waals surface area contributed by atoms with Crippen LogP contribution in [0.1, 0.15) is 60.8 Å². The molecule has 4 heterocycles. The molecule has 1 saturated heterocycles. The predicted octanol–water partition coefficient (Wildman–Crippen LogP) is 7.88. The zero-order valence-corrected chi connectivity index (χ0v) is 27.0. The molecule has 226 valence electrons. The van der Waals surface area contributed by atoms with Gasteiger partial charge in [-0.3, -0.25) is 10.1 Å². The van der Waals surface area contributed by atoms with Gasteiger partial charge < -0.3 is 15.0 Å². The van der Waals surface area contributed by atoms with Gasteiger partial charge in [0.05, 0.1) is 33.2 Å². The monoisotopic (exact) mass is 640 g/mol. The molecule has 0 bridgehead atoms. The van der Waals surface area contributed by atoms with Crippen LogP contribution >= 0.6 is 34.5 Å². The maximum atomic E-state index is 13.0. The number of piperidine rings is 1. The number of nitrogens with one attached hydrogen (secondary N) is 2. The Morgan fingerprint density at radius 3 is 2.33 bits per heavy atom. The molecule has 5 rings (SSSR count). The van der Waals surface area contributed by atoms with Crippen molar-refractivity contribution in [3.8, 4) is 11.6 Å². The van der Waals surface area contributed by atoms with Gasteiger partial charge in [0.2, 0.25) is 5.88 Å². The van der Waals surface area contributed by atoms with Crippen molar-refractivity contribution in [3.05, 3.63) is 79.7 Å². The number of ether oxygens (including phenoxy) is 1. The van der Waals surface area contributed by atoms with Crippen molar-refractivity contribution in [1.82, 2.24) is 19.7 Å². The van der Waals surface area contributed by atoms with Crippen molar-refractivity contribution in [2.24, 2.45) is 0 Å². The lowest BCUT2D eigenvalue weighted by atomic mass is 9.92. The fourth-order valence-electron chi connectivity index (χ4n) is 4.74. The van der Waals surface area contributed by atoms with Crippen LogP contribution in [-0.4, -0.2) is 50.8 Å². The number of aryl methyl sites for hydroxylation is 2. The van der Waals surface area contributed by atoms with Crippen LogP contribution in [0.4, 0.5) is 16.3 Å².